The van der Waals surface area contributed by atoms with E-state index in [0.29, 0.717) is 22.0 Å². The van der Waals surface area contributed by atoms with Crippen LogP contribution in [0.25, 0.3) is 11.3 Å². The molecule has 1 unspecified atom stereocenters. The molecule has 3 rings (SSSR count). The third-order valence-corrected chi connectivity index (χ3v) is 4.96. The molecule has 0 aliphatic heterocycles. The van der Waals surface area contributed by atoms with Crippen LogP contribution in [0.15, 0.2) is 60.8 Å². The smallest absolute Gasteiger partial charge is 0.257 e. The predicted octanol–water partition coefficient (Wildman–Crippen LogP) is 3.96. The first-order valence-corrected chi connectivity index (χ1v) is 9.99. The lowest BCUT2D eigenvalue weighted by Gasteiger charge is -2.13. The Morgan fingerprint density at radius 3 is 2.62 bits per heavy atom. The summed E-state index contributed by atoms with van der Waals surface area (Å²) >= 11 is 6.25. The van der Waals surface area contributed by atoms with Crippen LogP contribution in [-0.4, -0.2) is 24.4 Å². The summed E-state index contributed by atoms with van der Waals surface area (Å²) in [6.45, 7) is 1.48. The maximum Gasteiger partial charge on any atom is 0.257 e. The van der Waals surface area contributed by atoms with Crippen LogP contribution in [0, 0.1) is 0 Å². The van der Waals surface area contributed by atoms with E-state index in [1.54, 1.807) is 30.5 Å². The lowest BCUT2D eigenvalue weighted by atomic mass is 10.1. The minimum atomic E-state index is -3.06. The molecule has 0 saturated carbocycles. The van der Waals surface area contributed by atoms with Gasteiger partial charge in [-0.15, -0.1) is 0 Å². The molecule has 0 aliphatic rings. The first-order chi connectivity index (χ1) is 13.8. The van der Waals surface area contributed by atoms with E-state index >= 15 is 0 Å². The maximum absolute atomic E-state index is 12.6. The fraction of sp³-hybridized carbons (Fsp3) is 0.100. The zero-order valence-electron chi connectivity index (χ0n) is 15.2. The third kappa shape index (κ3) is 5.11. The number of nitrogens with zero attached hydrogens (tertiary/aromatic N) is 1. The van der Waals surface area contributed by atoms with E-state index in [0.717, 1.165) is 0 Å². The van der Waals surface area contributed by atoms with Crippen molar-refractivity contribution in [3.05, 3.63) is 76.9 Å². The Bertz CT molecular complexity index is 1110. The van der Waals surface area contributed by atoms with Crippen molar-refractivity contribution in [2.45, 2.75) is 13.0 Å². The van der Waals surface area contributed by atoms with Crippen LogP contribution in [0.1, 0.15) is 28.9 Å². The highest BCUT2D eigenvalue weighted by Gasteiger charge is 2.16. The van der Waals surface area contributed by atoms with Crippen LogP contribution < -0.4 is 5.32 Å². The van der Waals surface area contributed by atoms with Crippen molar-refractivity contribution >= 4 is 34.2 Å². The molecule has 2 aromatic carbocycles. The summed E-state index contributed by atoms with van der Waals surface area (Å²) in [6.07, 6.45) is 0.778. The van der Waals surface area contributed by atoms with Gasteiger partial charge < -0.3 is 10.4 Å². The van der Waals surface area contributed by atoms with Crippen molar-refractivity contribution in [3.8, 4) is 17.0 Å². The molecule has 0 spiro atoms. The van der Waals surface area contributed by atoms with Gasteiger partial charge in [0.15, 0.2) is 0 Å². The molecule has 3 aromatic rings. The molecule has 29 heavy (non-hydrogen) atoms. The van der Waals surface area contributed by atoms with Gasteiger partial charge in [-0.2, -0.15) is 0 Å². The van der Waals surface area contributed by atoms with Crippen molar-refractivity contribution in [3.63, 3.8) is 0 Å². The van der Waals surface area contributed by atoms with E-state index in [9.17, 15) is 18.3 Å². The van der Waals surface area contributed by atoms with Crippen LogP contribution >= 0.6 is 11.6 Å². The molecule has 0 bridgehead atoms. The van der Waals surface area contributed by atoms with Gasteiger partial charge in [-0.1, -0.05) is 23.7 Å². The highest BCUT2D eigenvalue weighted by atomic mass is 35.5. The molecule has 0 saturated heterocycles. The number of amides is 1. The van der Waals surface area contributed by atoms with Crippen LogP contribution in [0.4, 0.5) is 5.69 Å². The van der Waals surface area contributed by atoms with Gasteiger partial charge in [0.2, 0.25) is 0 Å². The molecule has 7 nitrogen and oxygen atoms in total. The summed E-state index contributed by atoms with van der Waals surface area (Å²) < 4.78 is 26.0. The summed E-state index contributed by atoms with van der Waals surface area (Å²) in [5.74, 6) is -0.697. The Morgan fingerprint density at radius 1 is 1.17 bits per heavy atom. The van der Waals surface area contributed by atoms with Crippen molar-refractivity contribution in [2.75, 3.05) is 5.32 Å². The maximum atomic E-state index is 12.6. The van der Waals surface area contributed by atoms with Crippen molar-refractivity contribution in [1.82, 2.24) is 4.98 Å². The van der Waals surface area contributed by atoms with E-state index in [2.05, 4.69) is 14.5 Å². The lowest BCUT2D eigenvalue weighted by molar-refractivity contribution is 0.102. The van der Waals surface area contributed by atoms with Crippen LogP contribution in [0.2, 0.25) is 5.02 Å². The number of carbonyl (C=O) groups is 1. The number of nitrogens with one attached hydrogen (secondary N) is 1. The number of rotatable bonds is 6. The lowest BCUT2D eigenvalue weighted by Crippen LogP contribution is -2.12. The van der Waals surface area contributed by atoms with E-state index in [4.69, 9.17) is 11.6 Å². The number of benzene rings is 2. The van der Waals surface area contributed by atoms with E-state index in [1.807, 2.05) is 12.1 Å². The Morgan fingerprint density at radius 2 is 1.97 bits per heavy atom. The van der Waals surface area contributed by atoms with Crippen LogP contribution in [0.5, 0.6) is 5.75 Å². The highest BCUT2D eigenvalue weighted by Crippen LogP contribution is 2.30. The molecule has 0 radical (unpaired) electrons. The number of thiol groups is 1. The fourth-order valence-corrected chi connectivity index (χ4v) is 3.33. The molecule has 1 aromatic heterocycles. The van der Waals surface area contributed by atoms with Gasteiger partial charge >= 0.3 is 0 Å². The van der Waals surface area contributed by atoms with Crippen LogP contribution in [-0.2, 0) is 15.2 Å². The summed E-state index contributed by atoms with van der Waals surface area (Å²) in [4.78, 5) is 16.8. The Hall–Kier alpha value is -2.94. The van der Waals surface area contributed by atoms with Crippen molar-refractivity contribution in [1.29, 1.82) is 0 Å². The molecule has 1 heterocycles. The summed E-state index contributed by atoms with van der Waals surface area (Å²) in [5, 5.41) is 13.4. The quantitative estimate of drug-likeness (QED) is 0.509. The summed E-state index contributed by atoms with van der Waals surface area (Å²) in [7, 11) is -3.06. The zero-order valence-corrected chi connectivity index (χ0v) is 16.9. The average molecular weight is 433 g/mol. The van der Waals surface area contributed by atoms with Gasteiger partial charge in [-0.05, 0) is 49.4 Å². The number of aromatic nitrogens is 1. The van der Waals surface area contributed by atoms with E-state index in [-0.39, 0.29) is 16.9 Å². The summed E-state index contributed by atoms with van der Waals surface area (Å²) in [5.41, 5.74) is 2.29. The highest BCUT2D eigenvalue weighted by molar-refractivity contribution is 7.67. The van der Waals surface area contributed by atoms with Gasteiger partial charge in [0.1, 0.15) is 11.9 Å². The predicted molar refractivity (Wildman–Crippen MR) is 111 cm³/mol. The number of phenols is 1. The van der Waals surface area contributed by atoms with Gasteiger partial charge in [-0.25, -0.2) is 8.42 Å². The first-order valence-electron chi connectivity index (χ1n) is 8.51. The number of phenolic OH excluding ortho intramolecular Hbond substituents is 1. The number of hydrogen-bond acceptors (Lipinski definition) is 6. The van der Waals surface area contributed by atoms with Crippen molar-refractivity contribution < 1.29 is 22.5 Å². The third-order valence-electron chi connectivity index (χ3n) is 4.14. The number of hydrogen-bond donors (Lipinski definition) is 3. The molecule has 1 amide bonds. The monoisotopic (exact) mass is 432 g/mol. The number of halogens is 1. The van der Waals surface area contributed by atoms with E-state index in [1.165, 1.54) is 25.1 Å². The normalized spacial score (nSPS) is 12.0. The topological polar surface area (TPSA) is 106 Å². The average Bonchev–Trinajstić information content (AvgIpc) is 2.69. The minimum Gasteiger partial charge on any atom is -0.508 e. The fourth-order valence-electron chi connectivity index (χ4n) is 2.74. The standard InChI is InChI=1S/C20H17ClN2O5S/c1-12(28-29(26)27)15-7-5-13(10-19(15)24)20(25)23-14-6-8-17(21)16(11-14)18-4-2-3-9-22-18/h2-12,24,29H,1H3,(H,23,25). The van der Waals surface area contributed by atoms with Crippen molar-refractivity contribution in [2.24, 2.45) is 0 Å². The Kier molecular flexibility index (Phi) is 6.48. The van der Waals surface area contributed by atoms with Gasteiger partial charge in [0.05, 0.1) is 10.7 Å². The Balaban J connectivity index is 1.81. The Labute approximate surface area is 174 Å². The molecule has 2 N–H and O–H groups in total. The minimum absolute atomic E-state index is 0.194. The number of aromatic hydroxyl groups is 1. The molecular weight excluding hydrogens is 416 g/mol. The van der Waals surface area contributed by atoms with Gasteiger partial charge in [0.25, 0.3) is 16.9 Å². The molecule has 150 valence electrons. The number of anilines is 1. The molecule has 0 fully saturated rings. The van der Waals surface area contributed by atoms with Gasteiger partial charge in [0, 0.05) is 28.6 Å². The number of carbonyl (C=O) groups excluding carboxylic acids is 1. The SMILES string of the molecule is CC(O[SH](=O)=O)c1ccc(C(=O)Nc2ccc(Cl)c(-c3ccccn3)c2)cc1O. The van der Waals surface area contributed by atoms with Crippen LogP contribution in [0.3, 0.4) is 0 Å². The molecule has 1 atom stereocenters. The second-order valence-electron chi connectivity index (χ2n) is 6.11. The summed E-state index contributed by atoms with van der Waals surface area (Å²) in [6, 6.07) is 14.6. The molecule has 9 heteroatoms. The molecular formula is C20H17ClN2O5S. The second-order valence-corrected chi connectivity index (χ2v) is 7.17. The first kappa shape index (κ1) is 20.8. The zero-order chi connectivity index (χ0) is 21.0. The van der Waals surface area contributed by atoms with E-state index < -0.39 is 23.0 Å². The molecule has 0 aliphatic carbocycles. The second kappa shape index (κ2) is 9.04. The van der Waals surface area contributed by atoms with Gasteiger partial charge in [-0.3, -0.25) is 14.0 Å². The largest absolute Gasteiger partial charge is 0.508 e. The number of pyridine rings is 1.